The minimum atomic E-state index is -0.607. The van der Waals surface area contributed by atoms with Crippen molar-refractivity contribution in [1.29, 1.82) is 0 Å². The van der Waals surface area contributed by atoms with E-state index in [1.807, 2.05) is 31.2 Å². The number of hydrogen-bond donors (Lipinski definition) is 1. The number of nitrogens with zero attached hydrogens (tertiary/aromatic N) is 2. The van der Waals surface area contributed by atoms with Gasteiger partial charge in [-0.15, -0.1) is 0 Å². The maximum absolute atomic E-state index is 12.8. The second-order valence-electron chi connectivity index (χ2n) is 6.99. The fraction of sp³-hybridized carbons (Fsp3) is 0.208. The maximum atomic E-state index is 12.8. The summed E-state index contributed by atoms with van der Waals surface area (Å²) in [6.07, 6.45) is 3.06. The fourth-order valence-electron chi connectivity index (χ4n) is 3.22. The van der Waals surface area contributed by atoms with Gasteiger partial charge in [0.05, 0.1) is 34.1 Å². The first-order valence-corrected chi connectivity index (χ1v) is 9.85. The molecule has 1 N–H and O–H groups in total. The number of rotatable bonds is 8. The van der Waals surface area contributed by atoms with Gasteiger partial charge in [0.25, 0.3) is 11.5 Å². The second kappa shape index (κ2) is 10.3. The Hall–Kier alpha value is -4.07. The molecule has 1 heterocycles. The fourth-order valence-corrected chi connectivity index (χ4v) is 3.22. The summed E-state index contributed by atoms with van der Waals surface area (Å²) in [6.45, 7) is 2.36. The molecular weight excluding hydrogens is 410 g/mol. The predicted molar refractivity (Wildman–Crippen MR) is 122 cm³/mol. The van der Waals surface area contributed by atoms with Crippen LogP contribution in [0.1, 0.15) is 27.0 Å². The molecule has 32 heavy (non-hydrogen) atoms. The van der Waals surface area contributed by atoms with Gasteiger partial charge in [-0.25, -0.2) is 5.43 Å². The number of hydrogen-bond acceptors (Lipinski definition) is 6. The van der Waals surface area contributed by atoms with Crippen molar-refractivity contribution >= 4 is 12.1 Å². The molecule has 0 fully saturated rings. The standard InChI is InChI=1S/C24H25N3O5/c1-16-7-5-8-17(11-16)15-27-10-6-9-19(24(27)29)23(28)26-25-14-18-12-21(31-3)22(32-4)13-20(18)30-2/h5-14H,15H2,1-4H3,(H,26,28)/b25-14-. The summed E-state index contributed by atoms with van der Waals surface area (Å²) in [5, 5.41) is 3.97. The zero-order valence-electron chi connectivity index (χ0n) is 18.4. The molecule has 3 rings (SSSR count). The van der Waals surface area contributed by atoms with Crippen LogP contribution in [-0.2, 0) is 6.54 Å². The van der Waals surface area contributed by atoms with E-state index < -0.39 is 11.5 Å². The highest BCUT2D eigenvalue weighted by atomic mass is 16.5. The van der Waals surface area contributed by atoms with Gasteiger partial charge in [0, 0.05) is 17.8 Å². The molecule has 0 unspecified atom stereocenters. The first-order valence-electron chi connectivity index (χ1n) is 9.85. The summed E-state index contributed by atoms with van der Waals surface area (Å²) < 4.78 is 17.4. The average Bonchev–Trinajstić information content (AvgIpc) is 2.80. The van der Waals surface area contributed by atoms with E-state index in [0.717, 1.165) is 11.1 Å². The highest BCUT2D eigenvalue weighted by Gasteiger charge is 2.13. The molecule has 0 bridgehead atoms. The molecule has 0 atom stereocenters. The lowest BCUT2D eigenvalue weighted by Crippen LogP contribution is -2.30. The van der Waals surface area contributed by atoms with Crippen LogP contribution in [0.4, 0.5) is 0 Å². The van der Waals surface area contributed by atoms with E-state index in [9.17, 15) is 9.59 Å². The molecule has 0 aliphatic heterocycles. The molecule has 166 valence electrons. The van der Waals surface area contributed by atoms with Crippen molar-refractivity contribution < 1.29 is 19.0 Å². The molecule has 3 aromatic rings. The number of pyridine rings is 1. The zero-order chi connectivity index (χ0) is 23.1. The number of nitrogens with one attached hydrogen (secondary N) is 1. The summed E-state index contributed by atoms with van der Waals surface area (Å²) in [7, 11) is 4.55. The van der Waals surface area contributed by atoms with Crippen LogP contribution in [0, 0.1) is 6.92 Å². The van der Waals surface area contributed by atoms with Crippen molar-refractivity contribution in [2.75, 3.05) is 21.3 Å². The van der Waals surface area contributed by atoms with Crippen molar-refractivity contribution in [2.24, 2.45) is 5.10 Å². The maximum Gasteiger partial charge on any atom is 0.276 e. The van der Waals surface area contributed by atoms with Crippen LogP contribution >= 0.6 is 0 Å². The largest absolute Gasteiger partial charge is 0.496 e. The molecule has 0 saturated heterocycles. The number of aromatic nitrogens is 1. The minimum Gasteiger partial charge on any atom is -0.496 e. The van der Waals surface area contributed by atoms with Crippen LogP contribution < -0.4 is 25.2 Å². The summed E-state index contributed by atoms with van der Waals surface area (Å²) in [5.41, 5.74) is 4.64. The lowest BCUT2D eigenvalue weighted by atomic mass is 10.1. The summed E-state index contributed by atoms with van der Waals surface area (Å²) in [6, 6.07) is 14.3. The highest BCUT2D eigenvalue weighted by Crippen LogP contribution is 2.33. The number of carbonyl (C=O) groups is 1. The Labute approximate surface area is 186 Å². The Kier molecular flexibility index (Phi) is 7.28. The van der Waals surface area contributed by atoms with E-state index in [-0.39, 0.29) is 5.56 Å². The average molecular weight is 435 g/mol. The van der Waals surface area contributed by atoms with Gasteiger partial charge in [-0.1, -0.05) is 29.8 Å². The number of amides is 1. The third-order valence-corrected chi connectivity index (χ3v) is 4.81. The van der Waals surface area contributed by atoms with E-state index in [0.29, 0.717) is 29.4 Å². The summed E-state index contributed by atoms with van der Waals surface area (Å²) in [4.78, 5) is 25.4. The normalized spacial score (nSPS) is 10.8. The van der Waals surface area contributed by atoms with E-state index in [1.165, 1.54) is 38.2 Å². The van der Waals surface area contributed by atoms with E-state index >= 15 is 0 Å². The molecule has 0 radical (unpaired) electrons. The molecule has 0 aliphatic rings. The Bertz CT molecular complexity index is 1200. The first-order chi connectivity index (χ1) is 15.5. The Morgan fingerprint density at radius 1 is 1.00 bits per heavy atom. The Balaban J connectivity index is 1.78. The SMILES string of the molecule is COc1cc(OC)c(OC)cc1/C=N\NC(=O)c1cccn(Cc2cccc(C)c2)c1=O. The van der Waals surface area contributed by atoms with Gasteiger partial charge in [-0.3, -0.25) is 9.59 Å². The van der Waals surface area contributed by atoms with Gasteiger partial charge in [0.2, 0.25) is 0 Å². The number of carbonyl (C=O) groups excluding carboxylic acids is 1. The van der Waals surface area contributed by atoms with E-state index in [1.54, 1.807) is 24.4 Å². The van der Waals surface area contributed by atoms with Crippen LogP contribution in [0.5, 0.6) is 17.2 Å². The predicted octanol–water partition coefficient (Wildman–Crippen LogP) is 2.99. The number of ether oxygens (including phenoxy) is 3. The molecule has 8 heteroatoms. The van der Waals surface area contributed by atoms with E-state index in [2.05, 4.69) is 10.5 Å². The highest BCUT2D eigenvalue weighted by molar-refractivity contribution is 5.94. The van der Waals surface area contributed by atoms with Crippen LogP contribution in [0.25, 0.3) is 0 Å². The third-order valence-electron chi connectivity index (χ3n) is 4.81. The van der Waals surface area contributed by atoms with Gasteiger partial charge < -0.3 is 18.8 Å². The van der Waals surface area contributed by atoms with Crippen molar-refractivity contribution in [2.45, 2.75) is 13.5 Å². The number of aryl methyl sites for hydroxylation is 1. The van der Waals surface area contributed by atoms with Gasteiger partial charge in [-0.2, -0.15) is 5.10 Å². The first kappa shape index (κ1) is 22.6. The molecule has 2 aromatic carbocycles. The lowest BCUT2D eigenvalue weighted by Gasteiger charge is -2.11. The molecule has 0 aliphatic carbocycles. The van der Waals surface area contributed by atoms with Crippen LogP contribution in [0.2, 0.25) is 0 Å². The number of methoxy groups -OCH3 is 3. The van der Waals surface area contributed by atoms with E-state index in [4.69, 9.17) is 14.2 Å². The van der Waals surface area contributed by atoms with Gasteiger partial charge in [-0.05, 0) is 30.7 Å². The summed E-state index contributed by atoms with van der Waals surface area (Å²) in [5.74, 6) is 0.873. The third kappa shape index (κ3) is 5.15. The van der Waals surface area contributed by atoms with Gasteiger partial charge in [0.1, 0.15) is 11.3 Å². The van der Waals surface area contributed by atoms with Crippen LogP contribution in [0.15, 0.2) is 64.6 Å². The molecule has 8 nitrogen and oxygen atoms in total. The van der Waals surface area contributed by atoms with Crippen LogP contribution in [0.3, 0.4) is 0 Å². The van der Waals surface area contributed by atoms with Crippen molar-refractivity contribution in [3.05, 3.63) is 87.3 Å². The molecular formula is C24H25N3O5. The van der Waals surface area contributed by atoms with Gasteiger partial charge >= 0.3 is 0 Å². The van der Waals surface area contributed by atoms with Crippen molar-refractivity contribution in [1.82, 2.24) is 9.99 Å². The Morgan fingerprint density at radius 2 is 1.72 bits per heavy atom. The quantitative estimate of drug-likeness (QED) is 0.434. The second-order valence-corrected chi connectivity index (χ2v) is 6.99. The molecule has 1 aromatic heterocycles. The number of benzene rings is 2. The smallest absolute Gasteiger partial charge is 0.276 e. The van der Waals surface area contributed by atoms with Crippen molar-refractivity contribution in [3.63, 3.8) is 0 Å². The Morgan fingerprint density at radius 3 is 2.41 bits per heavy atom. The van der Waals surface area contributed by atoms with Gasteiger partial charge in [0.15, 0.2) is 11.5 Å². The lowest BCUT2D eigenvalue weighted by molar-refractivity contribution is 0.0953. The zero-order valence-corrected chi connectivity index (χ0v) is 18.4. The van der Waals surface area contributed by atoms with Crippen molar-refractivity contribution in [3.8, 4) is 17.2 Å². The van der Waals surface area contributed by atoms with Crippen LogP contribution in [-0.4, -0.2) is 38.0 Å². The number of hydrazone groups is 1. The summed E-state index contributed by atoms with van der Waals surface area (Å²) >= 11 is 0. The molecule has 1 amide bonds. The molecule has 0 saturated carbocycles. The minimum absolute atomic E-state index is 0.00317. The monoisotopic (exact) mass is 435 g/mol. The topological polar surface area (TPSA) is 91.2 Å². The molecule has 0 spiro atoms.